The highest BCUT2D eigenvalue weighted by Gasteiger charge is 2.46. The lowest BCUT2D eigenvalue weighted by molar-refractivity contribution is -0.660. The van der Waals surface area contributed by atoms with Gasteiger partial charge in [0, 0.05) is 34.4 Å². The molecule has 2 aliphatic carbocycles. The van der Waals surface area contributed by atoms with E-state index in [1.165, 1.54) is 64.9 Å². The number of hydrogen-bond acceptors (Lipinski definition) is 1. The fraction of sp³-hybridized carbons (Fsp3) is 0.333. The van der Waals surface area contributed by atoms with Gasteiger partial charge in [-0.1, -0.05) is 25.0 Å². The van der Waals surface area contributed by atoms with E-state index in [1.807, 2.05) is 0 Å². The number of benzene rings is 1. The number of rotatable bonds is 1. The van der Waals surface area contributed by atoms with Crippen molar-refractivity contribution in [3.63, 3.8) is 0 Å². The van der Waals surface area contributed by atoms with E-state index in [9.17, 15) is 0 Å². The number of aromatic nitrogens is 2. The Morgan fingerprint density at radius 3 is 2.50 bits per heavy atom. The van der Waals surface area contributed by atoms with E-state index in [0.717, 1.165) is 5.69 Å². The molecule has 2 heterocycles. The zero-order valence-electron chi connectivity index (χ0n) is 15.8. The molecule has 3 aromatic rings. The van der Waals surface area contributed by atoms with E-state index in [4.69, 9.17) is 4.98 Å². The van der Waals surface area contributed by atoms with E-state index >= 15 is 0 Å². The van der Waals surface area contributed by atoms with Gasteiger partial charge in [0.1, 0.15) is 7.05 Å². The zero-order valence-corrected chi connectivity index (χ0v) is 15.8. The summed E-state index contributed by atoms with van der Waals surface area (Å²) in [6.07, 6.45) is 7.19. The number of fused-ring (bicyclic) bond motifs is 5. The summed E-state index contributed by atoms with van der Waals surface area (Å²) >= 11 is 0. The Morgan fingerprint density at radius 1 is 0.923 bits per heavy atom. The molecule has 2 aliphatic rings. The molecule has 5 rings (SSSR count). The predicted octanol–water partition coefficient (Wildman–Crippen LogP) is 5.03. The minimum atomic E-state index is 0.131. The number of hydrogen-bond donors (Lipinski definition) is 0. The van der Waals surface area contributed by atoms with Gasteiger partial charge in [-0.3, -0.25) is 4.98 Å². The smallest absolute Gasteiger partial charge is 0.212 e. The first-order valence-electron chi connectivity index (χ1n) is 9.69. The van der Waals surface area contributed by atoms with Crippen LogP contribution in [-0.4, -0.2) is 4.98 Å². The molecule has 2 heteroatoms. The molecule has 0 aliphatic heterocycles. The monoisotopic (exact) mass is 341 g/mol. The lowest BCUT2D eigenvalue weighted by Crippen LogP contribution is -2.30. The molecule has 0 bridgehead atoms. The maximum atomic E-state index is 5.05. The summed E-state index contributed by atoms with van der Waals surface area (Å²) in [4.78, 5) is 5.05. The van der Waals surface area contributed by atoms with Crippen LogP contribution in [0.5, 0.6) is 0 Å². The summed E-state index contributed by atoms with van der Waals surface area (Å²) in [5.41, 5.74) is 10.8. The van der Waals surface area contributed by atoms with Gasteiger partial charge < -0.3 is 0 Å². The van der Waals surface area contributed by atoms with Gasteiger partial charge in [-0.2, -0.15) is 0 Å². The number of pyridine rings is 2. The summed E-state index contributed by atoms with van der Waals surface area (Å²) in [5, 5.41) is 0. The van der Waals surface area contributed by atoms with Gasteiger partial charge in [-0.15, -0.1) is 0 Å². The largest absolute Gasteiger partial charge is 0.257 e. The molecule has 2 aromatic heterocycles. The van der Waals surface area contributed by atoms with Crippen LogP contribution in [0.1, 0.15) is 48.2 Å². The van der Waals surface area contributed by atoms with Crippen molar-refractivity contribution in [2.45, 2.75) is 44.9 Å². The summed E-state index contributed by atoms with van der Waals surface area (Å²) in [7, 11) is 2.13. The van der Waals surface area contributed by atoms with Crippen LogP contribution in [0.25, 0.3) is 22.4 Å². The highest BCUT2D eigenvalue weighted by Crippen LogP contribution is 2.56. The molecule has 1 fully saturated rings. The lowest BCUT2D eigenvalue weighted by Gasteiger charge is -2.26. The van der Waals surface area contributed by atoms with Crippen molar-refractivity contribution < 1.29 is 4.57 Å². The van der Waals surface area contributed by atoms with Crippen molar-refractivity contribution in [3.05, 3.63) is 71.2 Å². The van der Waals surface area contributed by atoms with Gasteiger partial charge in [0.25, 0.3) is 0 Å². The van der Waals surface area contributed by atoms with E-state index in [0.29, 0.717) is 0 Å². The Labute approximate surface area is 155 Å². The second-order valence-corrected chi connectivity index (χ2v) is 8.05. The first-order chi connectivity index (χ1) is 12.6. The number of aryl methyl sites for hydroxylation is 3. The van der Waals surface area contributed by atoms with Crippen molar-refractivity contribution in [1.82, 2.24) is 4.98 Å². The highest BCUT2D eigenvalue weighted by atomic mass is 14.9. The first kappa shape index (κ1) is 15.7. The second kappa shape index (κ2) is 5.51. The van der Waals surface area contributed by atoms with E-state index < -0.39 is 0 Å². The Hall–Kier alpha value is -2.48. The molecule has 0 N–H and O–H groups in total. The van der Waals surface area contributed by atoms with Crippen LogP contribution in [0.15, 0.2) is 48.7 Å². The van der Waals surface area contributed by atoms with Gasteiger partial charge in [0.05, 0.1) is 5.69 Å². The van der Waals surface area contributed by atoms with Crippen LogP contribution in [0.4, 0.5) is 0 Å². The van der Waals surface area contributed by atoms with Gasteiger partial charge >= 0.3 is 0 Å². The summed E-state index contributed by atoms with van der Waals surface area (Å²) < 4.78 is 2.22. The van der Waals surface area contributed by atoms with Gasteiger partial charge in [-0.05, 0) is 61.6 Å². The van der Waals surface area contributed by atoms with Crippen molar-refractivity contribution in [1.29, 1.82) is 0 Å². The molecular formula is C24H25N2+. The summed E-state index contributed by atoms with van der Waals surface area (Å²) in [5.74, 6) is 0. The minimum Gasteiger partial charge on any atom is -0.257 e. The molecular weight excluding hydrogens is 316 g/mol. The topological polar surface area (TPSA) is 16.8 Å². The van der Waals surface area contributed by atoms with E-state index in [1.54, 1.807) is 0 Å². The average Bonchev–Trinajstić information content (AvgIpc) is 3.21. The van der Waals surface area contributed by atoms with Gasteiger partial charge in [-0.25, -0.2) is 4.57 Å². The zero-order chi connectivity index (χ0) is 17.9. The third-order valence-corrected chi connectivity index (χ3v) is 6.45. The minimum absolute atomic E-state index is 0.131. The molecule has 0 saturated heterocycles. The maximum Gasteiger partial charge on any atom is 0.212 e. The van der Waals surface area contributed by atoms with Crippen LogP contribution in [0.2, 0.25) is 0 Å². The first-order valence-corrected chi connectivity index (χ1v) is 9.69. The van der Waals surface area contributed by atoms with Crippen LogP contribution >= 0.6 is 0 Å². The van der Waals surface area contributed by atoms with Crippen molar-refractivity contribution in [3.8, 4) is 22.4 Å². The van der Waals surface area contributed by atoms with Crippen molar-refractivity contribution in [2.24, 2.45) is 7.05 Å². The lowest BCUT2D eigenvalue weighted by atomic mass is 9.78. The molecule has 0 atom stereocenters. The van der Waals surface area contributed by atoms with Gasteiger partial charge in [0.2, 0.25) is 5.69 Å². The molecule has 26 heavy (non-hydrogen) atoms. The van der Waals surface area contributed by atoms with Crippen LogP contribution < -0.4 is 4.57 Å². The highest BCUT2D eigenvalue weighted by molar-refractivity contribution is 5.83. The molecule has 0 amide bonds. The fourth-order valence-corrected chi connectivity index (χ4v) is 5.16. The standard InChI is InChI=1S/C24H25N2/c1-16-14-20-18-10-9-17(2)25-23(18)24(11-5-6-12-24)21(20)15-19(16)22-8-4-7-13-26(22)3/h4,7-10,13-15H,5-6,11-12H2,1-3H3/q+1. The Morgan fingerprint density at radius 2 is 1.73 bits per heavy atom. The van der Waals surface area contributed by atoms with Crippen LogP contribution in [0, 0.1) is 13.8 Å². The maximum absolute atomic E-state index is 5.05. The molecule has 1 aromatic carbocycles. The number of nitrogens with zero attached hydrogens (tertiary/aromatic N) is 2. The quantitative estimate of drug-likeness (QED) is 0.567. The molecule has 1 saturated carbocycles. The van der Waals surface area contributed by atoms with E-state index in [2.05, 4.69) is 74.1 Å². The third-order valence-electron chi connectivity index (χ3n) is 6.45. The second-order valence-electron chi connectivity index (χ2n) is 8.05. The Bertz CT molecular complexity index is 1030. The molecule has 0 unspecified atom stereocenters. The van der Waals surface area contributed by atoms with Crippen LogP contribution in [-0.2, 0) is 12.5 Å². The normalized spacial score (nSPS) is 16.7. The van der Waals surface area contributed by atoms with Crippen molar-refractivity contribution >= 4 is 0 Å². The van der Waals surface area contributed by atoms with Crippen LogP contribution in [0.3, 0.4) is 0 Å². The summed E-state index contributed by atoms with van der Waals surface area (Å²) in [6.45, 7) is 4.36. The third kappa shape index (κ3) is 2.05. The van der Waals surface area contributed by atoms with Crippen molar-refractivity contribution in [2.75, 3.05) is 0 Å². The van der Waals surface area contributed by atoms with Gasteiger partial charge in [0.15, 0.2) is 6.20 Å². The average molecular weight is 341 g/mol. The Kier molecular flexibility index (Phi) is 3.34. The predicted molar refractivity (Wildman–Crippen MR) is 105 cm³/mol. The Balaban J connectivity index is 1.80. The van der Waals surface area contributed by atoms with E-state index in [-0.39, 0.29) is 5.41 Å². The molecule has 1 spiro atoms. The molecule has 0 radical (unpaired) electrons. The SMILES string of the molecule is Cc1ccc2c(n1)C1(CCCC1)c1cc(-c3cccc[n+]3C)c(C)cc1-2. The molecule has 2 nitrogen and oxygen atoms in total. The fourth-order valence-electron chi connectivity index (χ4n) is 5.16. The molecule has 130 valence electrons. The summed E-state index contributed by atoms with van der Waals surface area (Å²) in [6, 6.07) is 15.8.